The SMILES string of the molecule is CN=C(NCc1cccc(COCC(F)(F)F)c1)NC1CCN(c2ccccc2)CC1. The van der Waals surface area contributed by atoms with Crippen LogP contribution in [0.2, 0.25) is 0 Å². The van der Waals surface area contributed by atoms with Crippen molar-refractivity contribution in [3.63, 3.8) is 0 Å². The molecule has 0 unspecified atom stereocenters. The lowest BCUT2D eigenvalue weighted by Crippen LogP contribution is -2.48. The monoisotopic (exact) mass is 434 g/mol. The minimum Gasteiger partial charge on any atom is -0.371 e. The van der Waals surface area contributed by atoms with E-state index in [2.05, 4.69) is 44.8 Å². The van der Waals surface area contributed by atoms with E-state index >= 15 is 0 Å². The highest BCUT2D eigenvalue weighted by molar-refractivity contribution is 5.80. The summed E-state index contributed by atoms with van der Waals surface area (Å²) in [5.41, 5.74) is 2.91. The summed E-state index contributed by atoms with van der Waals surface area (Å²) in [6.07, 6.45) is -2.28. The van der Waals surface area contributed by atoms with Crippen molar-refractivity contribution in [1.29, 1.82) is 0 Å². The third-order valence-electron chi connectivity index (χ3n) is 5.17. The van der Waals surface area contributed by atoms with Crippen LogP contribution < -0.4 is 15.5 Å². The molecule has 1 fully saturated rings. The van der Waals surface area contributed by atoms with Crippen LogP contribution in [0.5, 0.6) is 0 Å². The Morgan fingerprint density at radius 2 is 1.77 bits per heavy atom. The van der Waals surface area contributed by atoms with E-state index in [0.29, 0.717) is 18.2 Å². The molecule has 168 valence electrons. The minimum atomic E-state index is -4.31. The lowest BCUT2D eigenvalue weighted by molar-refractivity contribution is -0.176. The number of hydrogen-bond donors (Lipinski definition) is 2. The van der Waals surface area contributed by atoms with Gasteiger partial charge in [-0.15, -0.1) is 0 Å². The zero-order chi connectivity index (χ0) is 22.1. The van der Waals surface area contributed by atoms with Crippen molar-refractivity contribution >= 4 is 11.6 Å². The van der Waals surface area contributed by atoms with Gasteiger partial charge in [-0.3, -0.25) is 4.99 Å². The van der Waals surface area contributed by atoms with Crippen molar-refractivity contribution in [3.8, 4) is 0 Å². The van der Waals surface area contributed by atoms with E-state index < -0.39 is 12.8 Å². The molecular weight excluding hydrogens is 405 g/mol. The molecule has 2 aromatic rings. The number of rotatable bonds is 7. The van der Waals surface area contributed by atoms with Crippen LogP contribution in [0, 0.1) is 0 Å². The van der Waals surface area contributed by atoms with Crippen molar-refractivity contribution in [2.24, 2.45) is 4.99 Å². The Morgan fingerprint density at radius 1 is 1.06 bits per heavy atom. The summed E-state index contributed by atoms with van der Waals surface area (Å²) in [5.74, 6) is 0.719. The molecule has 0 amide bonds. The number of guanidine groups is 1. The van der Waals surface area contributed by atoms with Gasteiger partial charge in [0.1, 0.15) is 6.61 Å². The molecule has 0 saturated carbocycles. The first-order valence-electron chi connectivity index (χ1n) is 10.4. The molecular formula is C23H29F3N4O. The molecule has 1 heterocycles. The molecule has 2 N–H and O–H groups in total. The Morgan fingerprint density at radius 3 is 2.45 bits per heavy atom. The summed E-state index contributed by atoms with van der Waals surface area (Å²) in [6.45, 7) is 1.18. The second kappa shape index (κ2) is 11.0. The van der Waals surface area contributed by atoms with Gasteiger partial charge in [-0.1, -0.05) is 42.5 Å². The van der Waals surface area contributed by atoms with Crippen molar-refractivity contribution in [2.75, 3.05) is 31.6 Å². The molecule has 1 aliphatic heterocycles. The van der Waals surface area contributed by atoms with Gasteiger partial charge in [0, 0.05) is 38.4 Å². The Labute approximate surface area is 181 Å². The van der Waals surface area contributed by atoms with Crippen molar-refractivity contribution in [3.05, 3.63) is 65.7 Å². The van der Waals surface area contributed by atoms with Gasteiger partial charge in [-0.25, -0.2) is 0 Å². The number of ether oxygens (including phenoxy) is 1. The van der Waals surface area contributed by atoms with Gasteiger partial charge in [-0.2, -0.15) is 13.2 Å². The van der Waals surface area contributed by atoms with E-state index in [4.69, 9.17) is 4.74 Å². The molecule has 0 radical (unpaired) electrons. The van der Waals surface area contributed by atoms with E-state index in [-0.39, 0.29) is 6.61 Å². The van der Waals surface area contributed by atoms with Gasteiger partial charge in [0.15, 0.2) is 5.96 Å². The third-order valence-corrected chi connectivity index (χ3v) is 5.17. The van der Waals surface area contributed by atoms with Gasteiger partial charge in [0.2, 0.25) is 0 Å². The number of nitrogens with one attached hydrogen (secondary N) is 2. The Balaban J connectivity index is 1.43. The predicted octanol–water partition coefficient (Wildman–Crippen LogP) is 4.10. The highest BCUT2D eigenvalue weighted by atomic mass is 19.4. The van der Waals surface area contributed by atoms with Gasteiger partial charge in [0.05, 0.1) is 6.61 Å². The quantitative estimate of drug-likeness (QED) is 0.509. The fourth-order valence-corrected chi connectivity index (χ4v) is 3.61. The van der Waals surface area contributed by atoms with E-state index in [1.807, 2.05) is 24.3 Å². The van der Waals surface area contributed by atoms with Crippen LogP contribution in [0.25, 0.3) is 0 Å². The average molecular weight is 435 g/mol. The molecule has 31 heavy (non-hydrogen) atoms. The maximum absolute atomic E-state index is 12.2. The maximum Gasteiger partial charge on any atom is 0.411 e. The van der Waals surface area contributed by atoms with Crippen LogP contribution in [0.1, 0.15) is 24.0 Å². The fourth-order valence-electron chi connectivity index (χ4n) is 3.61. The zero-order valence-electron chi connectivity index (χ0n) is 17.7. The molecule has 8 heteroatoms. The van der Waals surface area contributed by atoms with Crippen LogP contribution in [-0.4, -0.2) is 44.9 Å². The Kier molecular flexibility index (Phi) is 8.17. The molecule has 0 aromatic heterocycles. The Hall–Kier alpha value is -2.74. The number of halogens is 3. The van der Waals surface area contributed by atoms with Gasteiger partial charge >= 0.3 is 6.18 Å². The molecule has 0 aliphatic carbocycles. The number of benzene rings is 2. The molecule has 1 saturated heterocycles. The summed E-state index contributed by atoms with van der Waals surface area (Å²) >= 11 is 0. The largest absolute Gasteiger partial charge is 0.411 e. The van der Waals surface area contributed by atoms with Crippen molar-refractivity contribution in [1.82, 2.24) is 10.6 Å². The first-order valence-corrected chi connectivity index (χ1v) is 10.4. The third kappa shape index (κ3) is 7.79. The summed E-state index contributed by atoms with van der Waals surface area (Å²) in [6, 6.07) is 18.1. The highest BCUT2D eigenvalue weighted by Crippen LogP contribution is 2.19. The lowest BCUT2D eigenvalue weighted by Gasteiger charge is -2.34. The smallest absolute Gasteiger partial charge is 0.371 e. The van der Waals surface area contributed by atoms with Crippen LogP contribution in [0.3, 0.4) is 0 Å². The topological polar surface area (TPSA) is 48.9 Å². The van der Waals surface area contributed by atoms with Crippen molar-refractivity contribution in [2.45, 2.75) is 38.2 Å². The zero-order valence-corrected chi connectivity index (χ0v) is 17.7. The molecule has 0 bridgehead atoms. The molecule has 1 aliphatic rings. The summed E-state index contributed by atoms with van der Waals surface area (Å²) < 4.78 is 41.4. The number of anilines is 1. The molecule has 2 aromatic carbocycles. The maximum atomic E-state index is 12.2. The molecule has 0 atom stereocenters. The second-order valence-electron chi connectivity index (χ2n) is 7.59. The van der Waals surface area contributed by atoms with Gasteiger partial charge < -0.3 is 20.3 Å². The van der Waals surface area contributed by atoms with Crippen molar-refractivity contribution < 1.29 is 17.9 Å². The predicted molar refractivity (Wildman–Crippen MR) is 117 cm³/mol. The van der Waals surface area contributed by atoms with E-state index in [1.54, 1.807) is 13.1 Å². The summed E-state index contributed by atoms with van der Waals surface area (Å²) in [5, 5.41) is 6.76. The minimum absolute atomic E-state index is 0.0691. The number of piperidine rings is 1. The normalized spacial score (nSPS) is 15.7. The number of alkyl halides is 3. The van der Waals surface area contributed by atoms with Gasteiger partial charge in [-0.05, 0) is 36.1 Å². The molecule has 3 rings (SSSR count). The fraction of sp³-hybridized carbons (Fsp3) is 0.435. The first-order chi connectivity index (χ1) is 14.9. The van der Waals surface area contributed by atoms with Crippen LogP contribution in [0.15, 0.2) is 59.6 Å². The highest BCUT2D eigenvalue weighted by Gasteiger charge is 2.27. The van der Waals surface area contributed by atoms with Crippen LogP contribution in [0.4, 0.5) is 18.9 Å². The number of para-hydroxylation sites is 1. The summed E-state index contributed by atoms with van der Waals surface area (Å²) in [7, 11) is 1.73. The lowest BCUT2D eigenvalue weighted by atomic mass is 10.0. The second-order valence-corrected chi connectivity index (χ2v) is 7.59. The van der Waals surface area contributed by atoms with E-state index in [9.17, 15) is 13.2 Å². The average Bonchev–Trinajstić information content (AvgIpc) is 2.77. The van der Waals surface area contributed by atoms with E-state index in [0.717, 1.165) is 37.5 Å². The van der Waals surface area contributed by atoms with E-state index in [1.165, 1.54) is 5.69 Å². The van der Waals surface area contributed by atoms with Gasteiger partial charge in [0.25, 0.3) is 0 Å². The Bertz CT molecular complexity index is 834. The number of nitrogens with zero attached hydrogens (tertiary/aromatic N) is 2. The summed E-state index contributed by atoms with van der Waals surface area (Å²) in [4.78, 5) is 6.69. The van der Waals surface area contributed by atoms with Crippen LogP contribution >= 0.6 is 0 Å². The number of aliphatic imine (C=N–C) groups is 1. The molecule has 5 nitrogen and oxygen atoms in total. The molecule has 0 spiro atoms. The van der Waals surface area contributed by atoms with Crippen LogP contribution in [-0.2, 0) is 17.9 Å². The standard InChI is InChI=1S/C23H29F3N4O/c1-27-22(29-20-10-12-30(13-11-20)21-8-3-2-4-9-21)28-15-18-6-5-7-19(14-18)16-31-17-23(24,25)26/h2-9,14,20H,10-13,15-17H2,1H3,(H2,27,28,29). The number of hydrogen-bond acceptors (Lipinski definition) is 3. The first kappa shape index (κ1) is 22.9.